The minimum absolute atomic E-state index is 0.0767. The molecule has 1 amide bonds. The predicted molar refractivity (Wildman–Crippen MR) is 118 cm³/mol. The van der Waals surface area contributed by atoms with Crippen molar-refractivity contribution in [2.75, 3.05) is 6.54 Å². The maximum Gasteiger partial charge on any atom is 0.276 e. The summed E-state index contributed by atoms with van der Waals surface area (Å²) in [5, 5.41) is 5.03. The molecule has 0 radical (unpaired) electrons. The van der Waals surface area contributed by atoms with Crippen LogP contribution < -0.4 is 4.74 Å². The van der Waals surface area contributed by atoms with E-state index in [-0.39, 0.29) is 18.6 Å². The Kier molecular flexibility index (Phi) is 5.83. The fraction of sp³-hybridized carbons (Fsp3) is 0.333. The molecule has 0 spiro atoms. The number of nitrogens with zero attached hydrogens (tertiary/aromatic N) is 5. The second-order valence-electron chi connectivity index (χ2n) is 8.06. The van der Waals surface area contributed by atoms with Gasteiger partial charge in [0.1, 0.15) is 12.4 Å². The number of imidazole rings is 1. The zero-order valence-electron chi connectivity index (χ0n) is 17.8. The van der Waals surface area contributed by atoms with E-state index < -0.39 is 0 Å². The summed E-state index contributed by atoms with van der Waals surface area (Å²) >= 11 is 0. The molecule has 1 aliphatic heterocycles. The van der Waals surface area contributed by atoms with Crippen LogP contribution in [0.4, 0.5) is 0 Å². The Hall–Kier alpha value is -3.68. The number of fused-ring (bicyclic) bond motifs is 1. The lowest BCUT2D eigenvalue weighted by Crippen LogP contribution is -2.44. The lowest BCUT2D eigenvalue weighted by molar-refractivity contribution is 0.0584. The molecule has 4 aromatic rings. The van der Waals surface area contributed by atoms with Crippen LogP contribution in [0.5, 0.6) is 5.75 Å². The minimum Gasteiger partial charge on any atom is -0.486 e. The van der Waals surface area contributed by atoms with Gasteiger partial charge in [0.15, 0.2) is 11.5 Å². The van der Waals surface area contributed by atoms with Gasteiger partial charge in [-0.15, -0.1) is 0 Å². The smallest absolute Gasteiger partial charge is 0.276 e. The molecule has 1 aliphatic rings. The van der Waals surface area contributed by atoms with Crippen LogP contribution in [0.2, 0.25) is 0 Å². The predicted octanol–water partition coefficient (Wildman–Crippen LogP) is 4.08. The van der Waals surface area contributed by atoms with Gasteiger partial charge in [-0.3, -0.25) is 9.78 Å². The van der Waals surface area contributed by atoms with E-state index in [1.165, 1.54) is 0 Å². The number of ether oxygens (including phenoxy) is 1. The van der Waals surface area contributed by atoms with Crippen molar-refractivity contribution in [3.63, 3.8) is 0 Å². The van der Waals surface area contributed by atoms with Gasteiger partial charge in [-0.1, -0.05) is 11.2 Å². The third-order valence-corrected chi connectivity index (χ3v) is 5.90. The molecule has 164 valence electrons. The van der Waals surface area contributed by atoms with Crippen molar-refractivity contribution in [3.8, 4) is 5.75 Å². The molecule has 4 heterocycles. The van der Waals surface area contributed by atoms with E-state index in [9.17, 15) is 4.79 Å². The van der Waals surface area contributed by atoms with Gasteiger partial charge in [-0.25, -0.2) is 4.98 Å². The fourth-order valence-electron chi connectivity index (χ4n) is 4.21. The molecule has 5 rings (SSSR count). The molecule has 0 bridgehead atoms. The third-order valence-electron chi connectivity index (χ3n) is 5.90. The van der Waals surface area contributed by atoms with Gasteiger partial charge in [0.2, 0.25) is 0 Å². The highest BCUT2D eigenvalue weighted by atomic mass is 16.5. The Morgan fingerprint density at radius 2 is 2.16 bits per heavy atom. The van der Waals surface area contributed by atoms with Crippen molar-refractivity contribution >= 4 is 16.8 Å². The Labute approximate surface area is 185 Å². The van der Waals surface area contributed by atoms with Crippen molar-refractivity contribution in [1.29, 1.82) is 0 Å². The maximum atomic E-state index is 13.1. The number of rotatable bonds is 7. The van der Waals surface area contributed by atoms with E-state index in [1.807, 2.05) is 52.3 Å². The first kappa shape index (κ1) is 20.2. The van der Waals surface area contributed by atoms with Crippen molar-refractivity contribution < 1.29 is 14.1 Å². The average molecular weight is 431 g/mol. The first-order valence-corrected chi connectivity index (χ1v) is 11.0. The van der Waals surface area contributed by atoms with Crippen LogP contribution in [-0.2, 0) is 13.2 Å². The van der Waals surface area contributed by atoms with Gasteiger partial charge < -0.3 is 18.7 Å². The Morgan fingerprint density at radius 1 is 1.19 bits per heavy atom. The molecular formula is C24H25N5O3. The number of pyridine rings is 1. The van der Waals surface area contributed by atoms with Crippen LogP contribution in [0.3, 0.4) is 0 Å². The lowest BCUT2D eigenvalue weighted by atomic mass is 9.98. The molecule has 8 heteroatoms. The molecule has 1 aromatic carbocycles. The van der Waals surface area contributed by atoms with Gasteiger partial charge in [-0.2, -0.15) is 0 Å². The number of amides is 1. The standard InChI is InChI=1S/C24H25N5O3/c30-24(29-11-2-1-5-19(29)8-12-28-13-10-25-17-28)23-15-21(32-27-23)16-31-20-6-7-22-18(14-20)4-3-9-26-22/h3-4,6-7,9-10,13-15,17,19H,1-2,5,8,11-12,16H2. The van der Waals surface area contributed by atoms with Crippen LogP contribution in [0.15, 0.2) is 65.8 Å². The number of benzene rings is 1. The summed E-state index contributed by atoms with van der Waals surface area (Å²) in [7, 11) is 0. The highest BCUT2D eigenvalue weighted by Crippen LogP contribution is 2.24. The van der Waals surface area contributed by atoms with Gasteiger partial charge in [0, 0.05) is 49.2 Å². The Balaban J connectivity index is 1.21. The Bertz CT molecular complexity index is 1190. The lowest BCUT2D eigenvalue weighted by Gasteiger charge is -2.35. The summed E-state index contributed by atoms with van der Waals surface area (Å²) < 4.78 is 13.3. The number of hydrogen-bond acceptors (Lipinski definition) is 6. The van der Waals surface area contributed by atoms with E-state index in [0.717, 1.165) is 49.7 Å². The number of carbonyl (C=O) groups excluding carboxylic acids is 1. The maximum absolute atomic E-state index is 13.1. The zero-order chi connectivity index (χ0) is 21.8. The van der Waals surface area contributed by atoms with Crippen LogP contribution in [-0.4, -0.2) is 43.1 Å². The van der Waals surface area contributed by atoms with E-state index in [2.05, 4.69) is 15.1 Å². The Morgan fingerprint density at radius 3 is 3.06 bits per heavy atom. The second-order valence-corrected chi connectivity index (χ2v) is 8.06. The zero-order valence-corrected chi connectivity index (χ0v) is 17.8. The summed E-state index contributed by atoms with van der Waals surface area (Å²) in [4.78, 5) is 23.5. The van der Waals surface area contributed by atoms with Crippen LogP contribution in [0, 0.1) is 0 Å². The number of carbonyl (C=O) groups is 1. The molecule has 0 aliphatic carbocycles. The number of hydrogen-bond donors (Lipinski definition) is 0. The third kappa shape index (κ3) is 4.49. The molecule has 0 N–H and O–H groups in total. The quantitative estimate of drug-likeness (QED) is 0.438. The van der Waals surface area contributed by atoms with Crippen molar-refractivity contribution in [3.05, 3.63) is 72.8 Å². The van der Waals surface area contributed by atoms with E-state index in [4.69, 9.17) is 9.26 Å². The molecule has 1 fully saturated rings. The topological polar surface area (TPSA) is 86.3 Å². The summed E-state index contributed by atoms with van der Waals surface area (Å²) in [5.74, 6) is 1.16. The molecule has 3 aromatic heterocycles. The molecule has 0 saturated carbocycles. The summed E-state index contributed by atoms with van der Waals surface area (Å²) in [6, 6.07) is 11.5. The number of aryl methyl sites for hydroxylation is 1. The highest BCUT2D eigenvalue weighted by Gasteiger charge is 2.29. The van der Waals surface area contributed by atoms with E-state index in [0.29, 0.717) is 17.2 Å². The summed E-state index contributed by atoms with van der Waals surface area (Å²) in [5.41, 5.74) is 1.25. The molecule has 1 atom stereocenters. The first-order chi connectivity index (χ1) is 15.8. The molecular weight excluding hydrogens is 406 g/mol. The van der Waals surface area contributed by atoms with Crippen molar-refractivity contribution in [2.24, 2.45) is 0 Å². The summed E-state index contributed by atoms with van der Waals surface area (Å²) in [6.45, 7) is 1.79. The van der Waals surface area contributed by atoms with Crippen LogP contribution in [0.25, 0.3) is 10.9 Å². The van der Waals surface area contributed by atoms with Gasteiger partial charge in [-0.05, 0) is 49.9 Å². The van der Waals surface area contributed by atoms with E-state index >= 15 is 0 Å². The number of aromatic nitrogens is 4. The fourth-order valence-corrected chi connectivity index (χ4v) is 4.21. The van der Waals surface area contributed by atoms with Crippen LogP contribution in [0.1, 0.15) is 41.9 Å². The minimum atomic E-state index is -0.0767. The average Bonchev–Trinajstić information content (AvgIpc) is 3.53. The monoisotopic (exact) mass is 431 g/mol. The van der Waals surface area contributed by atoms with Gasteiger partial charge in [0.25, 0.3) is 5.91 Å². The first-order valence-electron chi connectivity index (χ1n) is 11.0. The van der Waals surface area contributed by atoms with Crippen molar-refractivity contribution in [1.82, 2.24) is 24.6 Å². The van der Waals surface area contributed by atoms with Crippen molar-refractivity contribution in [2.45, 2.75) is 44.9 Å². The molecule has 32 heavy (non-hydrogen) atoms. The number of piperidine rings is 1. The normalized spacial score (nSPS) is 16.4. The highest BCUT2D eigenvalue weighted by molar-refractivity contribution is 5.92. The largest absolute Gasteiger partial charge is 0.486 e. The molecule has 1 unspecified atom stereocenters. The van der Waals surface area contributed by atoms with Crippen LogP contribution >= 0.6 is 0 Å². The molecule has 1 saturated heterocycles. The number of likely N-dealkylation sites (tertiary alicyclic amines) is 1. The van der Waals surface area contributed by atoms with Gasteiger partial charge >= 0.3 is 0 Å². The van der Waals surface area contributed by atoms with Gasteiger partial charge in [0.05, 0.1) is 11.8 Å². The molecule has 8 nitrogen and oxygen atoms in total. The van der Waals surface area contributed by atoms with E-state index in [1.54, 1.807) is 18.5 Å². The SMILES string of the molecule is O=C(c1cc(COc2ccc3ncccc3c2)on1)N1CCCCC1CCn1ccnc1. The summed E-state index contributed by atoms with van der Waals surface area (Å²) in [6.07, 6.45) is 11.3. The second kappa shape index (κ2) is 9.21.